The van der Waals surface area contributed by atoms with Gasteiger partial charge in [-0.05, 0) is 30.7 Å². The minimum Gasteiger partial charge on any atom is -0.354 e. The molecule has 2 unspecified atom stereocenters. The molecule has 5 heteroatoms. The summed E-state index contributed by atoms with van der Waals surface area (Å²) in [6.45, 7) is 2.51. The Balaban J connectivity index is 1.59. The van der Waals surface area contributed by atoms with Crippen molar-refractivity contribution in [1.82, 2.24) is 10.2 Å². The van der Waals surface area contributed by atoms with Crippen molar-refractivity contribution < 1.29 is 9.59 Å². The number of rotatable bonds is 6. The maximum absolute atomic E-state index is 12.8. The fraction of sp³-hybridized carbons (Fsp3) is 0.619. The summed E-state index contributed by atoms with van der Waals surface area (Å²) >= 11 is 1.81. The van der Waals surface area contributed by atoms with Gasteiger partial charge in [-0.3, -0.25) is 9.59 Å². The monoisotopic (exact) mass is 374 g/mol. The van der Waals surface area contributed by atoms with Crippen molar-refractivity contribution in [3.63, 3.8) is 0 Å². The minimum atomic E-state index is -0.310. The highest BCUT2D eigenvalue weighted by Crippen LogP contribution is 2.40. The summed E-state index contributed by atoms with van der Waals surface area (Å²) in [6.07, 6.45) is 7.48. The number of nitrogens with zero attached hydrogens (tertiary/aromatic N) is 1. The first kappa shape index (κ1) is 19.3. The van der Waals surface area contributed by atoms with Crippen molar-refractivity contribution in [1.29, 1.82) is 0 Å². The molecule has 1 heterocycles. The van der Waals surface area contributed by atoms with Crippen molar-refractivity contribution in [3.05, 3.63) is 35.9 Å². The quantitative estimate of drug-likeness (QED) is 0.828. The average molecular weight is 375 g/mol. The average Bonchev–Trinajstić information content (AvgIpc) is 3.14. The first-order valence-electron chi connectivity index (χ1n) is 9.95. The molecule has 1 N–H and O–H groups in total. The normalized spacial score (nSPS) is 23.8. The van der Waals surface area contributed by atoms with Gasteiger partial charge in [-0.2, -0.15) is 0 Å². The Morgan fingerprint density at radius 2 is 1.88 bits per heavy atom. The highest BCUT2D eigenvalue weighted by Gasteiger charge is 2.44. The number of thioether (sulfide) groups is 1. The molecule has 3 rings (SSSR count). The zero-order valence-electron chi connectivity index (χ0n) is 15.7. The van der Waals surface area contributed by atoms with Crippen LogP contribution < -0.4 is 5.32 Å². The number of carbonyl (C=O) groups is 2. The molecule has 2 atom stereocenters. The van der Waals surface area contributed by atoms with Gasteiger partial charge in [0.1, 0.15) is 6.04 Å². The third-order valence-electron chi connectivity index (χ3n) is 5.54. The number of carbonyl (C=O) groups excluding carboxylic acids is 2. The van der Waals surface area contributed by atoms with E-state index >= 15 is 0 Å². The second-order valence-corrected chi connectivity index (χ2v) is 8.47. The van der Waals surface area contributed by atoms with Gasteiger partial charge in [0.2, 0.25) is 11.8 Å². The molecule has 26 heavy (non-hydrogen) atoms. The minimum absolute atomic E-state index is 0.00791. The smallest absolute Gasteiger partial charge is 0.243 e. The Morgan fingerprint density at radius 3 is 2.58 bits per heavy atom. The molecule has 1 saturated heterocycles. The predicted octanol–water partition coefficient (Wildman–Crippen LogP) is 3.61. The number of amides is 2. The molecule has 1 saturated carbocycles. The summed E-state index contributed by atoms with van der Waals surface area (Å²) < 4.78 is 0. The van der Waals surface area contributed by atoms with Crippen molar-refractivity contribution in [2.45, 2.75) is 63.3 Å². The second-order valence-electron chi connectivity index (χ2n) is 7.32. The summed E-state index contributed by atoms with van der Waals surface area (Å²) in [5, 5.41) is 3.25. The van der Waals surface area contributed by atoms with E-state index in [4.69, 9.17) is 0 Å². The van der Waals surface area contributed by atoms with Crippen molar-refractivity contribution in [3.8, 4) is 0 Å². The maximum atomic E-state index is 12.8. The van der Waals surface area contributed by atoms with Crippen LogP contribution in [0, 0.1) is 5.92 Å². The van der Waals surface area contributed by atoms with Crippen LogP contribution in [0.3, 0.4) is 0 Å². The molecular formula is C21H30N2O2S. The molecule has 0 bridgehead atoms. The molecule has 1 aromatic carbocycles. The maximum Gasteiger partial charge on any atom is 0.243 e. The van der Waals surface area contributed by atoms with E-state index in [0.717, 1.165) is 12.2 Å². The van der Waals surface area contributed by atoms with E-state index in [9.17, 15) is 9.59 Å². The Hall–Kier alpha value is -1.49. The highest BCUT2D eigenvalue weighted by molar-refractivity contribution is 8.00. The summed E-state index contributed by atoms with van der Waals surface area (Å²) in [5.74, 6) is 1.40. The Bertz CT molecular complexity index is 601. The fourth-order valence-corrected chi connectivity index (χ4v) is 5.76. The van der Waals surface area contributed by atoms with Gasteiger partial charge >= 0.3 is 0 Å². The van der Waals surface area contributed by atoms with Crippen molar-refractivity contribution in [2.24, 2.45) is 5.92 Å². The van der Waals surface area contributed by atoms with Crippen LogP contribution in [0.1, 0.15) is 51.0 Å². The number of benzene rings is 1. The summed E-state index contributed by atoms with van der Waals surface area (Å²) in [7, 11) is 0. The van der Waals surface area contributed by atoms with Crippen molar-refractivity contribution in [2.75, 3.05) is 12.3 Å². The third kappa shape index (κ3) is 4.61. The second kappa shape index (κ2) is 9.45. The molecule has 1 aliphatic heterocycles. The molecule has 142 valence electrons. The van der Waals surface area contributed by atoms with Crippen LogP contribution >= 0.6 is 11.8 Å². The van der Waals surface area contributed by atoms with Gasteiger partial charge in [0.05, 0.1) is 5.37 Å². The van der Waals surface area contributed by atoms with E-state index < -0.39 is 0 Å². The van der Waals surface area contributed by atoms with Gasteiger partial charge < -0.3 is 10.2 Å². The topological polar surface area (TPSA) is 49.4 Å². The lowest BCUT2D eigenvalue weighted by atomic mass is 9.88. The Morgan fingerprint density at radius 1 is 1.15 bits per heavy atom. The lowest BCUT2D eigenvalue weighted by Gasteiger charge is -2.35. The largest absolute Gasteiger partial charge is 0.354 e. The van der Waals surface area contributed by atoms with Crippen LogP contribution in [-0.2, 0) is 16.0 Å². The summed E-state index contributed by atoms with van der Waals surface area (Å²) in [5.41, 5.74) is 1.22. The van der Waals surface area contributed by atoms with Gasteiger partial charge in [0, 0.05) is 18.7 Å². The molecule has 1 aliphatic carbocycles. The van der Waals surface area contributed by atoms with E-state index in [1.807, 2.05) is 41.8 Å². The van der Waals surface area contributed by atoms with Crippen LogP contribution in [0.15, 0.2) is 30.3 Å². The first-order valence-corrected chi connectivity index (χ1v) is 11.0. The molecule has 2 amide bonds. The number of hydrogen-bond acceptors (Lipinski definition) is 3. The molecular weight excluding hydrogens is 344 g/mol. The van der Waals surface area contributed by atoms with Gasteiger partial charge in [-0.25, -0.2) is 0 Å². The van der Waals surface area contributed by atoms with Crippen LogP contribution in [0.25, 0.3) is 0 Å². The molecule has 0 spiro atoms. The van der Waals surface area contributed by atoms with E-state index in [1.165, 1.54) is 37.7 Å². The number of nitrogens with one attached hydrogen (secondary N) is 1. The molecule has 0 radical (unpaired) electrons. The molecule has 1 aromatic rings. The molecule has 4 nitrogen and oxygen atoms in total. The number of hydrogen-bond donors (Lipinski definition) is 1. The Kier molecular flexibility index (Phi) is 7.00. The fourth-order valence-electron chi connectivity index (χ4n) is 4.10. The lowest BCUT2D eigenvalue weighted by molar-refractivity contribution is -0.140. The summed E-state index contributed by atoms with van der Waals surface area (Å²) in [4.78, 5) is 27.3. The van der Waals surface area contributed by atoms with Crippen LogP contribution in [-0.4, -0.2) is 40.4 Å². The third-order valence-corrected chi connectivity index (χ3v) is 7.00. The molecule has 2 aliphatic rings. The lowest BCUT2D eigenvalue weighted by Crippen LogP contribution is -2.51. The van der Waals surface area contributed by atoms with E-state index in [-0.39, 0.29) is 23.2 Å². The van der Waals surface area contributed by atoms with Gasteiger partial charge in [-0.1, -0.05) is 56.5 Å². The summed E-state index contributed by atoms with van der Waals surface area (Å²) in [6, 6.07) is 9.86. The Labute approximate surface area is 161 Å². The van der Waals surface area contributed by atoms with Crippen LogP contribution in [0.4, 0.5) is 0 Å². The van der Waals surface area contributed by atoms with Crippen molar-refractivity contribution >= 4 is 23.6 Å². The predicted molar refractivity (Wildman–Crippen MR) is 107 cm³/mol. The molecule has 0 aromatic heterocycles. The zero-order valence-corrected chi connectivity index (χ0v) is 16.5. The van der Waals surface area contributed by atoms with E-state index in [1.54, 1.807) is 0 Å². The van der Waals surface area contributed by atoms with E-state index in [2.05, 4.69) is 17.4 Å². The van der Waals surface area contributed by atoms with Gasteiger partial charge in [0.15, 0.2) is 0 Å². The van der Waals surface area contributed by atoms with Crippen LogP contribution in [0.5, 0.6) is 0 Å². The standard InChI is InChI=1S/C21H30N2O2S/c1-2-19(24)23-18(15-26-21(23)17-11-7-4-8-12-17)20(25)22-14-13-16-9-5-3-6-10-16/h3,5-6,9-10,17-18,21H,2,4,7-8,11-15H2,1H3,(H,22,25). The SMILES string of the molecule is CCC(=O)N1C(C(=O)NCCc2ccccc2)CSC1C1CCCCC1. The highest BCUT2D eigenvalue weighted by atomic mass is 32.2. The van der Waals surface area contributed by atoms with Gasteiger partial charge in [0.25, 0.3) is 0 Å². The zero-order chi connectivity index (χ0) is 18.4. The van der Waals surface area contributed by atoms with E-state index in [0.29, 0.717) is 18.9 Å². The first-order chi connectivity index (χ1) is 12.7. The molecule has 2 fully saturated rings. The van der Waals surface area contributed by atoms with Gasteiger partial charge in [-0.15, -0.1) is 11.8 Å². The van der Waals surface area contributed by atoms with Crippen LogP contribution in [0.2, 0.25) is 0 Å².